The normalized spacial score (nSPS) is 15.2. The Morgan fingerprint density at radius 3 is 2.75 bits per heavy atom. The van der Waals surface area contributed by atoms with Crippen molar-refractivity contribution in [3.05, 3.63) is 95.6 Å². The Bertz CT molecular complexity index is 1290. The number of carbonyl (C=O) groups is 1. The van der Waals surface area contributed by atoms with Gasteiger partial charge < -0.3 is 9.88 Å². The zero-order chi connectivity index (χ0) is 24.7. The molecule has 5 rings (SSSR count). The number of nitrogens with zero attached hydrogens (tertiary/aromatic N) is 3. The monoisotopic (exact) mass is 480 g/mol. The van der Waals surface area contributed by atoms with Crippen LogP contribution in [0.1, 0.15) is 66.7 Å². The van der Waals surface area contributed by atoms with E-state index in [-0.39, 0.29) is 5.92 Å². The van der Waals surface area contributed by atoms with Crippen LogP contribution < -0.4 is 5.32 Å². The Balaban J connectivity index is 1.41. The molecule has 0 bridgehead atoms. The number of nitrogens with one attached hydrogen (secondary N) is 1. The maximum absolute atomic E-state index is 13.3. The van der Waals surface area contributed by atoms with Gasteiger partial charge in [0.25, 0.3) is 0 Å². The maximum Gasteiger partial charge on any atom is 0.143 e. The number of fused-ring (bicyclic) bond motifs is 1. The second kappa shape index (κ2) is 11.6. The summed E-state index contributed by atoms with van der Waals surface area (Å²) in [5.74, 6) is 1.10. The molecule has 0 radical (unpaired) electrons. The molecule has 186 valence electrons. The van der Waals surface area contributed by atoms with Crippen LogP contribution in [-0.4, -0.2) is 33.4 Å². The van der Waals surface area contributed by atoms with E-state index in [1.807, 2.05) is 12.3 Å². The lowest BCUT2D eigenvalue weighted by atomic mass is 9.85. The van der Waals surface area contributed by atoms with E-state index in [1.54, 1.807) is 6.33 Å². The van der Waals surface area contributed by atoms with E-state index < -0.39 is 0 Å². The van der Waals surface area contributed by atoms with Gasteiger partial charge in [0.2, 0.25) is 0 Å². The highest BCUT2D eigenvalue weighted by Crippen LogP contribution is 2.35. The van der Waals surface area contributed by atoms with Gasteiger partial charge in [-0.1, -0.05) is 60.2 Å². The zero-order valence-electron chi connectivity index (χ0n) is 21.2. The fraction of sp³-hybridized carbons (Fsp3) is 0.387. The minimum absolute atomic E-state index is 0.0122. The van der Waals surface area contributed by atoms with E-state index >= 15 is 0 Å². The molecule has 0 saturated carbocycles. The van der Waals surface area contributed by atoms with Gasteiger partial charge in [-0.3, -0.25) is 4.79 Å². The van der Waals surface area contributed by atoms with Crippen LogP contribution in [0.25, 0.3) is 11.0 Å². The first-order valence-electron chi connectivity index (χ1n) is 13.3. The lowest BCUT2D eigenvalue weighted by Gasteiger charge is -2.22. The van der Waals surface area contributed by atoms with E-state index in [0.29, 0.717) is 18.6 Å². The fourth-order valence-electron chi connectivity index (χ4n) is 5.61. The summed E-state index contributed by atoms with van der Waals surface area (Å²) in [7, 11) is 0. The van der Waals surface area contributed by atoms with Gasteiger partial charge in [-0.2, -0.15) is 0 Å². The molecule has 5 heteroatoms. The molecule has 1 unspecified atom stereocenters. The van der Waals surface area contributed by atoms with E-state index in [4.69, 9.17) is 0 Å². The lowest BCUT2D eigenvalue weighted by Crippen LogP contribution is -2.27. The summed E-state index contributed by atoms with van der Waals surface area (Å²) in [5, 5.41) is 4.46. The van der Waals surface area contributed by atoms with Crippen molar-refractivity contribution in [2.45, 2.75) is 57.9 Å². The van der Waals surface area contributed by atoms with E-state index in [0.717, 1.165) is 55.0 Å². The molecule has 0 aliphatic carbocycles. The van der Waals surface area contributed by atoms with Gasteiger partial charge in [-0.15, -0.1) is 0 Å². The Morgan fingerprint density at radius 2 is 1.94 bits per heavy atom. The quantitative estimate of drug-likeness (QED) is 0.300. The lowest BCUT2D eigenvalue weighted by molar-refractivity contribution is -0.119. The molecular formula is C31H36N4O. The summed E-state index contributed by atoms with van der Waals surface area (Å²) >= 11 is 0. The van der Waals surface area contributed by atoms with Crippen molar-refractivity contribution >= 4 is 16.8 Å². The number of aromatic nitrogens is 3. The van der Waals surface area contributed by atoms with Gasteiger partial charge in [0, 0.05) is 43.1 Å². The smallest absolute Gasteiger partial charge is 0.143 e. The van der Waals surface area contributed by atoms with Crippen molar-refractivity contribution in [3.63, 3.8) is 0 Å². The van der Waals surface area contributed by atoms with Gasteiger partial charge >= 0.3 is 0 Å². The van der Waals surface area contributed by atoms with Crippen molar-refractivity contribution in [2.24, 2.45) is 5.92 Å². The summed E-state index contributed by atoms with van der Waals surface area (Å²) < 4.78 is 2.20. The number of hydrogen-bond acceptors (Lipinski definition) is 4. The number of benzene rings is 2. The standard InChI is InChI=1S/C31H36N4O/c1-23-7-5-11-26(17-23)28(18-27(36)12-6-10-24-13-15-32-16-14-24)30-21-35(20-25-8-3-2-4-9-25)31-29(30)19-33-22-34-31/h2-5,7-9,11,17,19,21-22,24,28,32H,6,10,12-16,18,20H2,1H3. The van der Waals surface area contributed by atoms with Crippen LogP contribution in [0.2, 0.25) is 0 Å². The van der Waals surface area contributed by atoms with E-state index in [2.05, 4.69) is 81.5 Å². The largest absolute Gasteiger partial charge is 0.328 e. The minimum Gasteiger partial charge on any atom is -0.328 e. The third-order valence-electron chi connectivity index (χ3n) is 7.54. The number of hydrogen-bond donors (Lipinski definition) is 1. The molecule has 1 N–H and O–H groups in total. The summed E-state index contributed by atoms with van der Waals surface area (Å²) in [6, 6.07) is 19.0. The Hall–Kier alpha value is -3.31. The van der Waals surface area contributed by atoms with Gasteiger partial charge in [0.1, 0.15) is 17.8 Å². The molecule has 1 aliphatic rings. The van der Waals surface area contributed by atoms with Crippen LogP contribution in [0, 0.1) is 12.8 Å². The van der Waals surface area contributed by atoms with Crippen molar-refractivity contribution in [1.82, 2.24) is 19.9 Å². The highest BCUT2D eigenvalue weighted by atomic mass is 16.1. The van der Waals surface area contributed by atoms with Crippen LogP contribution >= 0.6 is 0 Å². The first-order valence-corrected chi connectivity index (χ1v) is 13.3. The average molecular weight is 481 g/mol. The van der Waals surface area contributed by atoms with Crippen molar-refractivity contribution in [3.8, 4) is 0 Å². The summed E-state index contributed by atoms with van der Waals surface area (Å²) in [6.07, 6.45) is 11.5. The molecule has 1 aliphatic heterocycles. The van der Waals surface area contributed by atoms with Crippen molar-refractivity contribution in [1.29, 1.82) is 0 Å². The molecule has 0 amide bonds. The molecule has 1 fully saturated rings. The van der Waals surface area contributed by atoms with E-state index in [9.17, 15) is 4.79 Å². The topological polar surface area (TPSA) is 59.8 Å². The van der Waals surface area contributed by atoms with Gasteiger partial charge in [-0.05, 0) is 68.3 Å². The SMILES string of the molecule is Cc1cccc(C(CC(=O)CCCC2CCNCC2)c2cn(Cc3ccccc3)c3ncncc23)c1. The molecule has 0 spiro atoms. The predicted molar refractivity (Wildman–Crippen MR) is 145 cm³/mol. The fourth-order valence-corrected chi connectivity index (χ4v) is 5.61. The van der Waals surface area contributed by atoms with Crippen LogP contribution in [0.15, 0.2) is 73.3 Å². The molecular weight excluding hydrogens is 444 g/mol. The van der Waals surface area contributed by atoms with Crippen LogP contribution in [0.3, 0.4) is 0 Å². The molecule has 4 aromatic rings. The highest BCUT2D eigenvalue weighted by molar-refractivity contribution is 5.84. The van der Waals surface area contributed by atoms with Crippen LogP contribution in [0.5, 0.6) is 0 Å². The molecule has 2 aromatic heterocycles. The average Bonchev–Trinajstić information content (AvgIpc) is 3.26. The van der Waals surface area contributed by atoms with Gasteiger partial charge in [0.05, 0.1) is 0 Å². The molecule has 2 aromatic carbocycles. The Kier molecular flexibility index (Phi) is 7.87. The molecule has 5 nitrogen and oxygen atoms in total. The number of aryl methyl sites for hydroxylation is 1. The van der Waals surface area contributed by atoms with E-state index in [1.165, 1.54) is 29.5 Å². The second-order valence-electron chi connectivity index (χ2n) is 10.3. The summed E-state index contributed by atoms with van der Waals surface area (Å²) in [4.78, 5) is 22.3. The maximum atomic E-state index is 13.3. The molecule has 3 heterocycles. The minimum atomic E-state index is -0.0122. The summed E-state index contributed by atoms with van der Waals surface area (Å²) in [6.45, 7) is 5.08. The Labute approximate surface area is 214 Å². The number of piperidine rings is 1. The molecule has 1 saturated heterocycles. The van der Waals surface area contributed by atoms with Gasteiger partial charge in [0.15, 0.2) is 0 Å². The van der Waals surface area contributed by atoms with Gasteiger partial charge in [-0.25, -0.2) is 9.97 Å². The van der Waals surface area contributed by atoms with Crippen molar-refractivity contribution < 1.29 is 4.79 Å². The number of rotatable bonds is 10. The first-order chi connectivity index (χ1) is 17.7. The van der Waals surface area contributed by atoms with Crippen LogP contribution in [-0.2, 0) is 11.3 Å². The third-order valence-corrected chi connectivity index (χ3v) is 7.54. The Morgan fingerprint density at radius 1 is 1.11 bits per heavy atom. The predicted octanol–water partition coefficient (Wildman–Crippen LogP) is 6.05. The summed E-state index contributed by atoms with van der Waals surface area (Å²) in [5.41, 5.74) is 5.67. The molecule has 1 atom stereocenters. The second-order valence-corrected chi connectivity index (χ2v) is 10.3. The highest BCUT2D eigenvalue weighted by Gasteiger charge is 2.24. The number of carbonyl (C=O) groups excluding carboxylic acids is 1. The zero-order valence-corrected chi connectivity index (χ0v) is 21.2. The molecule has 36 heavy (non-hydrogen) atoms. The number of ketones is 1. The number of Topliss-reactive ketones (excluding diaryl/α,β-unsaturated/α-hetero) is 1. The van der Waals surface area contributed by atoms with Crippen LogP contribution in [0.4, 0.5) is 0 Å². The third kappa shape index (κ3) is 5.90. The first kappa shape index (κ1) is 24.4. The van der Waals surface area contributed by atoms with Crippen molar-refractivity contribution in [2.75, 3.05) is 13.1 Å².